The molecule has 4 nitrogen and oxygen atoms in total. The van der Waals surface area contributed by atoms with E-state index in [1.165, 1.54) is 13.8 Å². The zero-order valence-electron chi connectivity index (χ0n) is 12.6. The first-order chi connectivity index (χ1) is 9.40. The van der Waals surface area contributed by atoms with Gasteiger partial charge in [0.1, 0.15) is 6.04 Å². The monoisotopic (exact) mass is 325 g/mol. The van der Waals surface area contributed by atoms with Crippen molar-refractivity contribution in [2.45, 2.75) is 58.8 Å². The fourth-order valence-electron chi connectivity index (χ4n) is 1.69. The third-order valence-corrected chi connectivity index (χ3v) is 3.89. The van der Waals surface area contributed by atoms with Crippen molar-refractivity contribution in [3.63, 3.8) is 0 Å². The highest BCUT2D eigenvalue weighted by Crippen LogP contribution is 2.36. The van der Waals surface area contributed by atoms with E-state index < -0.39 is 34.4 Å². The lowest BCUT2D eigenvalue weighted by molar-refractivity contribution is -0.142. The highest BCUT2D eigenvalue weighted by atomic mass is 35.5. The van der Waals surface area contributed by atoms with E-state index in [9.17, 15) is 18.0 Å². The molecule has 0 aliphatic heterocycles. The summed E-state index contributed by atoms with van der Waals surface area (Å²) in [7, 11) is 0. The highest BCUT2D eigenvalue weighted by Gasteiger charge is 2.39. The Bertz CT molecular complexity index is 537. The van der Waals surface area contributed by atoms with Crippen LogP contribution in [0.3, 0.4) is 0 Å². The van der Waals surface area contributed by atoms with Crippen LogP contribution in [0, 0.1) is 6.92 Å². The molecule has 1 aromatic rings. The van der Waals surface area contributed by atoms with E-state index in [1.807, 2.05) is 20.8 Å². The van der Waals surface area contributed by atoms with Gasteiger partial charge < -0.3 is 5.32 Å². The minimum absolute atomic E-state index is 0.112. The van der Waals surface area contributed by atoms with Gasteiger partial charge >= 0.3 is 6.18 Å². The predicted molar refractivity (Wildman–Crippen MR) is 74.2 cm³/mol. The lowest BCUT2D eigenvalue weighted by Gasteiger charge is -2.26. The van der Waals surface area contributed by atoms with Gasteiger partial charge in [0.25, 0.3) is 0 Å². The number of halogens is 4. The van der Waals surface area contributed by atoms with E-state index in [4.69, 9.17) is 11.6 Å². The van der Waals surface area contributed by atoms with E-state index in [0.29, 0.717) is 6.42 Å². The third kappa shape index (κ3) is 3.90. The van der Waals surface area contributed by atoms with Gasteiger partial charge in [-0.2, -0.15) is 18.3 Å². The Kier molecular flexibility index (Phi) is 4.98. The molecule has 1 rings (SSSR count). The van der Waals surface area contributed by atoms with Crippen LogP contribution in [0.4, 0.5) is 13.2 Å². The summed E-state index contributed by atoms with van der Waals surface area (Å²) in [6.45, 7) is 8.46. The molecule has 0 radical (unpaired) electrons. The molecule has 1 atom stereocenters. The maximum atomic E-state index is 12.8. The topological polar surface area (TPSA) is 46.9 Å². The van der Waals surface area contributed by atoms with Crippen molar-refractivity contribution in [3.8, 4) is 0 Å². The average molecular weight is 326 g/mol. The van der Waals surface area contributed by atoms with Crippen molar-refractivity contribution in [1.29, 1.82) is 0 Å². The molecule has 0 aromatic carbocycles. The summed E-state index contributed by atoms with van der Waals surface area (Å²) in [6, 6.07) is -0.885. The van der Waals surface area contributed by atoms with Gasteiger partial charge in [0.15, 0.2) is 5.69 Å². The first-order valence-corrected chi connectivity index (χ1v) is 6.92. The number of aromatic nitrogens is 2. The lowest BCUT2D eigenvalue weighted by Crippen LogP contribution is -2.45. The molecule has 0 unspecified atom stereocenters. The van der Waals surface area contributed by atoms with Crippen molar-refractivity contribution in [2.75, 3.05) is 0 Å². The standard InChI is InChI=1S/C13H19ClF3N3O/c1-6-12(4,5)18-11(21)8(3)20-7(2)9(14)10(19-20)13(15,16)17/h8H,6H2,1-5H3,(H,18,21)/t8-/m0/s1. The SMILES string of the molecule is CCC(C)(C)NC(=O)[C@H](C)n1nc(C(F)(F)F)c(Cl)c1C. The highest BCUT2D eigenvalue weighted by molar-refractivity contribution is 6.32. The normalized spacial score (nSPS) is 14.1. The number of hydrogen-bond acceptors (Lipinski definition) is 2. The van der Waals surface area contributed by atoms with E-state index in [-0.39, 0.29) is 5.69 Å². The van der Waals surface area contributed by atoms with Crippen LogP contribution < -0.4 is 5.32 Å². The van der Waals surface area contributed by atoms with Crippen molar-refractivity contribution < 1.29 is 18.0 Å². The van der Waals surface area contributed by atoms with E-state index in [0.717, 1.165) is 4.68 Å². The van der Waals surface area contributed by atoms with Crippen LogP contribution in [0.15, 0.2) is 0 Å². The summed E-state index contributed by atoms with van der Waals surface area (Å²) in [5, 5.41) is 5.76. The molecule has 0 saturated carbocycles. The van der Waals surface area contributed by atoms with Crippen molar-refractivity contribution in [1.82, 2.24) is 15.1 Å². The summed E-state index contributed by atoms with van der Waals surface area (Å²) in [6.07, 6.45) is -3.95. The van der Waals surface area contributed by atoms with Crippen LogP contribution in [-0.4, -0.2) is 21.2 Å². The number of carbonyl (C=O) groups is 1. The molecular weight excluding hydrogens is 307 g/mol. The van der Waals surface area contributed by atoms with E-state index in [1.54, 1.807) is 0 Å². The van der Waals surface area contributed by atoms with Gasteiger partial charge in [0.05, 0.1) is 10.7 Å². The zero-order valence-corrected chi connectivity index (χ0v) is 13.4. The predicted octanol–water partition coefficient (Wildman–Crippen LogP) is 3.73. The second kappa shape index (κ2) is 5.87. The molecule has 1 aromatic heterocycles. The molecule has 1 amide bonds. The second-order valence-electron chi connectivity index (χ2n) is 5.59. The maximum Gasteiger partial charge on any atom is 0.436 e. The number of hydrogen-bond donors (Lipinski definition) is 1. The number of rotatable bonds is 4. The summed E-state index contributed by atoms with van der Waals surface area (Å²) in [5.74, 6) is -0.405. The fourth-order valence-corrected chi connectivity index (χ4v) is 1.93. The Hall–Kier alpha value is -1.24. The second-order valence-corrected chi connectivity index (χ2v) is 5.97. The average Bonchev–Trinajstić information content (AvgIpc) is 2.64. The number of nitrogens with one attached hydrogen (secondary N) is 1. The first kappa shape index (κ1) is 17.8. The van der Waals surface area contributed by atoms with Crippen LogP contribution in [0.5, 0.6) is 0 Å². The third-order valence-electron chi connectivity index (χ3n) is 3.44. The van der Waals surface area contributed by atoms with Crippen LogP contribution in [-0.2, 0) is 11.0 Å². The maximum absolute atomic E-state index is 12.8. The van der Waals surface area contributed by atoms with Crippen LogP contribution >= 0.6 is 11.6 Å². The summed E-state index contributed by atoms with van der Waals surface area (Å²) in [5.41, 5.74) is -1.50. The Morgan fingerprint density at radius 1 is 1.43 bits per heavy atom. The summed E-state index contributed by atoms with van der Waals surface area (Å²) in [4.78, 5) is 12.1. The molecule has 21 heavy (non-hydrogen) atoms. The van der Waals surface area contributed by atoms with Gasteiger partial charge in [-0.05, 0) is 34.1 Å². The Morgan fingerprint density at radius 3 is 2.33 bits per heavy atom. The van der Waals surface area contributed by atoms with E-state index >= 15 is 0 Å². The molecule has 0 saturated heterocycles. The van der Waals surface area contributed by atoms with Crippen molar-refractivity contribution in [3.05, 3.63) is 16.4 Å². The molecule has 0 aliphatic rings. The number of alkyl halides is 3. The van der Waals surface area contributed by atoms with E-state index in [2.05, 4.69) is 10.4 Å². The molecule has 8 heteroatoms. The Labute approximate surface area is 126 Å². The fraction of sp³-hybridized carbons (Fsp3) is 0.692. The summed E-state index contributed by atoms with van der Waals surface area (Å²) >= 11 is 5.67. The molecule has 120 valence electrons. The van der Waals surface area contributed by atoms with Gasteiger partial charge in [-0.25, -0.2) is 0 Å². The molecule has 1 heterocycles. The minimum atomic E-state index is -4.65. The molecule has 0 aliphatic carbocycles. The Morgan fingerprint density at radius 2 is 1.95 bits per heavy atom. The molecule has 0 spiro atoms. The molecule has 0 bridgehead atoms. The Balaban J connectivity index is 3.09. The van der Waals surface area contributed by atoms with Gasteiger partial charge in [-0.15, -0.1) is 0 Å². The minimum Gasteiger partial charge on any atom is -0.349 e. The van der Waals surface area contributed by atoms with Crippen LogP contribution in [0.1, 0.15) is 51.5 Å². The number of nitrogens with zero attached hydrogens (tertiary/aromatic N) is 2. The van der Waals surface area contributed by atoms with Crippen molar-refractivity contribution in [2.24, 2.45) is 0 Å². The number of carbonyl (C=O) groups excluding carboxylic acids is 1. The van der Waals surface area contributed by atoms with Gasteiger partial charge in [0, 0.05) is 5.54 Å². The van der Waals surface area contributed by atoms with Gasteiger partial charge in [0.2, 0.25) is 5.91 Å². The summed E-state index contributed by atoms with van der Waals surface area (Å²) < 4.78 is 39.3. The largest absolute Gasteiger partial charge is 0.436 e. The van der Waals surface area contributed by atoms with Gasteiger partial charge in [-0.3, -0.25) is 9.48 Å². The molecule has 0 fully saturated rings. The lowest BCUT2D eigenvalue weighted by atomic mass is 10.0. The quantitative estimate of drug-likeness (QED) is 0.917. The molecule has 1 N–H and O–H groups in total. The smallest absolute Gasteiger partial charge is 0.349 e. The first-order valence-electron chi connectivity index (χ1n) is 6.54. The van der Waals surface area contributed by atoms with Gasteiger partial charge in [-0.1, -0.05) is 18.5 Å². The molecular formula is C13H19ClF3N3O. The number of amides is 1. The zero-order chi connectivity index (χ0) is 16.6. The van der Waals surface area contributed by atoms with Crippen molar-refractivity contribution >= 4 is 17.5 Å². The van der Waals surface area contributed by atoms with Crippen LogP contribution in [0.25, 0.3) is 0 Å². The van der Waals surface area contributed by atoms with Crippen LogP contribution in [0.2, 0.25) is 5.02 Å².